The molecule has 0 fully saturated rings. The quantitative estimate of drug-likeness (QED) is 0.750. The highest BCUT2D eigenvalue weighted by Gasteiger charge is 2.18. The van der Waals surface area contributed by atoms with Crippen LogP contribution in [0.5, 0.6) is 11.5 Å². The van der Waals surface area contributed by atoms with Gasteiger partial charge in [0, 0.05) is 17.5 Å². The van der Waals surface area contributed by atoms with Crippen LogP contribution < -0.4 is 14.8 Å². The normalized spacial score (nSPS) is 13.0. The van der Waals surface area contributed by atoms with E-state index in [2.05, 4.69) is 20.7 Å². The Morgan fingerprint density at radius 2 is 1.96 bits per heavy atom. The maximum Gasteiger partial charge on any atom is 0.279 e. The van der Waals surface area contributed by atoms with Crippen LogP contribution in [0.3, 0.4) is 0 Å². The number of carbonyl (C=O) groups excluding carboxylic acids is 1. The number of carbonyl (C=O) groups is 1. The third kappa shape index (κ3) is 3.25. The Bertz CT molecular complexity index is 950. The van der Waals surface area contributed by atoms with E-state index in [4.69, 9.17) is 14.0 Å². The number of rotatable bonds is 4. The van der Waals surface area contributed by atoms with E-state index in [0.717, 1.165) is 10.6 Å². The van der Waals surface area contributed by atoms with Gasteiger partial charge in [-0.1, -0.05) is 30.3 Å². The number of anilines is 1. The van der Waals surface area contributed by atoms with Gasteiger partial charge in [-0.25, -0.2) is 0 Å². The third-order valence-electron chi connectivity index (χ3n) is 3.72. The van der Waals surface area contributed by atoms with Crippen molar-refractivity contribution in [2.24, 2.45) is 0 Å². The monoisotopic (exact) mass is 372 g/mol. The Kier molecular flexibility index (Phi) is 4.29. The molecule has 4 rings (SSSR count). The lowest BCUT2D eigenvalue weighted by Gasteiger charge is -2.18. The minimum Gasteiger partial charge on any atom is -0.486 e. The molecule has 134 valence electrons. The number of hydrogen-bond donors (Lipinski definition) is 1. The van der Waals surface area contributed by atoms with E-state index >= 15 is 0 Å². The van der Waals surface area contributed by atoms with Crippen LogP contribution in [-0.2, 0) is 0 Å². The second-order valence-electron chi connectivity index (χ2n) is 5.99. The first-order chi connectivity index (χ1) is 12.6. The van der Waals surface area contributed by atoms with Gasteiger partial charge in [0.2, 0.25) is 5.13 Å². The van der Waals surface area contributed by atoms with Crippen LogP contribution in [0.25, 0.3) is 11.3 Å². The topological polar surface area (TPSA) is 99.4 Å². The molecule has 9 heteroatoms. The highest BCUT2D eigenvalue weighted by molar-refractivity contribution is 7.15. The van der Waals surface area contributed by atoms with Crippen LogP contribution >= 0.6 is 11.3 Å². The summed E-state index contributed by atoms with van der Waals surface area (Å²) < 4.78 is 16.4. The number of hydrogen-bond acceptors (Lipinski definition) is 8. The predicted octanol–water partition coefficient (Wildman–Crippen LogP) is 3.34. The van der Waals surface area contributed by atoms with E-state index in [0.29, 0.717) is 35.6 Å². The molecular formula is C17H16N4O4S. The van der Waals surface area contributed by atoms with Gasteiger partial charge in [-0.2, -0.15) is 0 Å². The van der Waals surface area contributed by atoms with Crippen molar-refractivity contribution in [2.45, 2.75) is 19.8 Å². The molecule has 0 saturated carbocycles. The molecule has 8 nitrogen and oxygen atoms in total. The minimum absolute atomic E-state index is 0.163. The Morgan fingerprint density at radius 3 is 2.73 bits per heavy atom. The summed E-state index contributed by atoms with van der Waals surface area (Å²) in [7, 11) is 0. The fraction of sp³-hybridized carbons (Fsp3) is 0.294. The van der Waals surface area contributed by atoms with Gasteiger partial charge in [0.25, 0.3) is 5.91 Å². The van der Waals surface area contributed by atoms with E-state index in [9.17, 15) is 4.79 Å². The lowest BCUT2D eigenvalue weighted by Crippen LogP contribution is -2.15. The molecule has 26 heavy (non-hydrogen) atoms. The predicted molar refractivity (Wildman–Crippen MR) is 94.9 cm³/mol. The molecule has 0 saturated heterocycles. The molecule has 1 aliphatic heterocycles. The average molecular weight is 372 g/mol. The summed E-state index contributed by atoms with van der Waals surface area (Å²) in [5.74, 6) is 1.66. The number of amides is 1. The van der Waals surface area contributed by atoms with Gasteiger partial charge in [0.05, 0.1) is 0 Å². The van der Waals surface area contributed by atoms with E-state index < -0.39 is 5.91 Å². The second kappa shape index (κ2) is 6.75. The number of nitrogens with one attached hydrogen (secondary N) is 1. The Hall–Kier alpha value is -2.94. The fourth-order valence-corrected chi connectivity index (χ4v) is 3.14. The summed E-state index contributed by atoms with van der Waals surface area (Å²) in [6.45, 7) is 5.07. The largest absolute Gasteiger partial charge is 0.486 e. The molecule has 1 N–H and O–H groups in total. The maximum atomic E-state index is 12.3. The van der Waals surface area contributed by atoms with Crippen molar-refractivity contribution >= 4 is 22.4 Å². The minimum atomic E-state index is -0.399. The molecule has 0 spiro atoms. The van der Waals surface area contributed by atoms with Crippen molar-refractivity contribution in [3.63, 3.8) is 0 Å². The zero-order valence-corrected chi connectivity index (χ0v) is 15.0. The van der Waals surface area contributed by atoms with Crippen molar-refractivity contribution in [2.75, 3.05) is 18.5 Å². The van der Waals surface area contributed by atoms with Gasteiger partial charge in [0.1, 0.15) is 18.2 Å². The molecule has 1 amide bonds. The molecule has 3 heterocycles. The zero-order valence-electron chi connectivity index (χ0n) is 14.2. The van der Waals surface area contributed by atoms with E-state index in [1.54, 1.807) is 18.2 Å². The molecular weight excluding hydrogens is 356 g/mol. The first kappa shape index (κ1) is 16.5. The SMILES string of the molecule is CC(C)c1nnc(NC(=O)c2cc(-c3ccc4c(c3)OCCO4)on2)s1. The van der Waals surface area contributed by atoms with Crippen LogP contribution in [0.2, 0.25) is 0 Å². The van der Waals surface area contributed by atoms with Crippen LogP contribution in [0, 0.1) is 0 Å². The molecule has 0 atom stereocenters. The Balaban J connectivity index is 1.51. The van der Waals surface area contributed by atoms with Crippen molar-refractivity contribution in [3.8, 4) is 22.8 Å². The molecule has 0 radical (unpaired) electrons. The molecule has 0 aliphatic carbocycles. The molecule has 1 aromatic carbocycles. The standard InChI is InChI=1S/C17H16N4O4S/c1-9(2)16-19-20-17(26-16)18-15(22)11-8-13(25-21-11)10-3-4-12-14(7-10)24-6-5-23-12/h3-4,7-9H,5-6H2,1-2H3,(H,18,20,22). The highest BCUT2D eigenvalue weighted by atomic mass is 32.1. The Labute approximate surface area is 153 Å². The van der Waals surface area contributed by atoms with Gasteiger partial charge in [-0.3, -0.25) is 10.1 Å². The van der Waals surface area contributed by atoms with Crippen LogP contribution in [0.4, 0.5) is 5.13 Å². The number of aromatic nitrogens is 3. The number of nitrogens with zero attached hydrogens (tertiary/aromatic N) is 3. The zero-order chi connectivity index (χ0) is 18.1. The van der Waals surface area contributed by atoms with Crippen molar-refractivity contribution < 1.29 is 18.8 Å². The van der Waals surface area contributed by atoms with Gasteiger partial charge in [0.15, 0.2) is 23.0 Å². The van der Waals surface area contributed by atoms with Gasteiger partial charge in [-0.15, -0.1) is 10.2 Å². The van der Waals surface area contributed by atoms with E-state index in [1.807, 2.05) is 19.9 Å². The third-order valence-corrected chi connectivity index (χ3v) is 4.86. The first-order valence-electron chi connectivity index (χ1n) is 8.11. The number of ether oxygens (including phenoxy) is 2. The molecule has 1 aliphatic rings. The van der Waals surface area contributed by atoms with Crippen LogP contribution in [-0.4, -0.2) is 34.5 Å². The molecule has 3 aromatic rings. The lowest BCUT2D eigenvalue weighted by atomic mass is 10.1. The smallest absolute Gasteiger partial charge is 0.279 e. The number of fused-ring (bicyclic) bond motifs is 1. The average Bonchev–Trinajstić information content (AvgIpc) is 3.31. The van der Waals surface area contributed by atoms with Gasteiger partial charge in [-0.05, 0) is 18.2 Å². The van der Waals surface area contributed by atoms with E-state index in [-0.39, 0.29) is 11.6 Å². The number of benzene rings is 1. The lowest BCUT2D eigenvalue weighted by molar-refractivity contribution is 0.101. The van der Waals surface area contributed by atoms with Gasteiger partial charge >= 0.3 is 0 Å². The second-order valence-corrected chi connectivity index (χ2v) is 7.00. The molecule has 2 aromatic heterocycles. The summed E-state index contributed by atoms with van der Waals surface area (Å²) in [5, 5.41) is 15.8. The summed E-state index contributed by atoms with van der Waals surface area (Å²) in [5.41, 5.74) is 0.912. The highest BCUT2D eigenvalue weighted by Crippen LogP contribution is 2.34. The molecule has 0 bridgehead atoms. The maximum absolute atomic E-state index is 12.3. The fourth-order valence-electron chi connectivity index (χ4n) is 2.39. The van der Waals surface area contributed by atoms with Crippen molar-refractivity contribution in [3.05, 3.63) is 35.0 Å². The summed E-state index contributed by atoms with van der Waals surface area (Å²) in [4.78, 5) is 12.3. The summed E-state index contributed by atoms with van der Waals surface area (Å²) in [6, 6.07) is 7.01. The van der Waals surface area contributed by atoms with Crippen LogP contribution in [0.15, 0.2) is 28.8 Å². The molecule has 0 unspecified atom stereocenters. The summed E-state index contributed by atoms with van der Waals surface area (Å²) >= 11 is 1.34. The summed E-state index contributed by atoms with van der Waals surface area (Å²) in [6.07, 6.45) is 0. The van der Waals surface area contributed by atoms with Crippen molar-refractivity contribution in [1.82, 2.24) is 15.4 Å². The first-order valence-corrected chi connectivity index (χ1v) is 8.93. The van der Waals surface area contributed by atoms with Crippen LogP contribution in [0.1, 0.15) is 35.3 Å². The van der Waals surface area contributed by atoms with Crippen molar-refractivity contribution in [1.29, 1.82) is 0 Å². The van der Waals surface area contributed by atoms with Gasteiger partial charge < -0.3 is 14.0 Å². The Morgan fingerprint density at radius 1 is 1.15 bits per heavy atom. The van der Waals surface area contributed by atoms with E-state index in [1.165, 1.54) is 11.3 Å².